The van der Waals surface area contributed by atoms with Crippen molar-refractivity contribution in [3.8, 4) is 0 Å². The topological polar surface area (TPSA) is 95.9 Å². The molecule has 0 bridgehead atoms. The van der Waals surface area contributed by atoms with Gasteiger partial charge in [-0.3, -0.25) is 9.59 Å². The van der Waals surface area contributed by atoms with Gasteiger partial charge in [0.2, 0.25) is 5.91 Å². The quantitative estimate of drug-likeness (QED) is 0.0418. The van der Waals surface area contributed by atoms with Crippen LogP contribution < -0.4 is 5.32 Å². The highest BCUT2D eigenvalue weighted by Crippen LogP contribution is 2.18. The van der Waals surface area contributed by atoms with E-state index < -0.39 is 12.1 Å². The molecule has 0 aliphatic heterocycles. The van der Waals surface area contributed by atoms with Gasteiger partial charge in [-0.15, -0.1) is 0 Å². The summed E-state index contributed by atoms with van der Waals surface area (Å²) < 4.78 is 5.48. The highest BCUT2D eigenvalue weighted by Gasteiger charge is 2.20. The molecule has 61 heavy (non-hydrogen) atoms. The number of esters is 1. The van der Waals surface area contributed by atoms with Crippen LogP contribution in [0.4, 0.5) is 0 Å². The molecule has 3 N–H and O–H groups in total. The lowest BCUT2D eigenvalue weighted by Crippen LogP contribution is -2.45. The normalized spacial score (nSPS) is 12.5. The third-order valence-corrected chi connectivity index (χ3v) is 13.2. The maximum Gasteiger partial charge on any atom is 0.305 e. The fraction of sp³-hybridized carbons (Fsp3) is 0.964. The van der Waals surface area contributed by atoms with E-state index in [2.05, 4.69) is 19.2 Å². The Morgan fingerprint density at radius 3 is 1.00 bits per heavy atom. The Morgan fingerprint density at radius 2 is 0.672 bits per heavy atom. The van der Waals surface area contributed by atoms with Crippen molar-refractivity contribution in [2.75, 3.05) is 13.2 Å². The lowest BCUT2D eigenvalue weighted by atomic mass is 10.0. The lowest BCUT2D eigenvalue weighted by molar-refractivity contribution is -0.143. The zero-order valence-corrected chi connectivity index (χ0v) is 41.4. The van der Waals surface area contributed by atoms with Crippen molar-refractivity contribution in [1.82, 2.24) is 5.32 Å². The second-order valence-corrected chi connectivity index (χ2v) is 19.3. The molecular weight excluding hydrogens is 755 g/mol. The van der Waals surface area contributed by atoms with Crippen LogP contribution in [0.3, 0.4) is 0 Å². The van der Waals surface area contributed by atoms with Crippen molar-refractivity contribution in [3.05, 3.63) is 0 Å². The van der Waals surface area contributed by atoms with Gasteiger partial charge in [0.05, 0.1) is 25.4 Å². The minimum absolute atomic E-state index is 0.0000227. The van der Waals surface area contributed by atoms with Gasteiger partial charge in [0.1, 0.15) is 0 Å². The van der Waals surface area contributed by atoms with E-state index in [1.165, 1.54) is 231 Å². The van der Waals surface area contributed by atoms with E-state index in [-0.39, 0.29) is 18.5 Å². The number of aliphatic hydroxyl groups excluding tert-OH is 2. The molecule has 0 aliphatic rings. The Hall–Kier alpha value is -1.14. The first kappa shape index (κ1) is 59.9. The van der Waals surface area contributed by atoms with Gasteiger partial charge in [0.25, 0.3) is 0 Å². The Bertz CT molecular complexity index is 867. The monoisotopic (exact) mass is 864 g/mol. The largest absolute Gasteiger partial charge is 0.466 e. The summed E-state index contributed by atoms with van der Waals surface area (Å²) in [6.45, 7) is 4.94. The van der Waals surface area contributed by atoms with Crippen LogP contribution in [0.25, 0.3) is 0 Å². The summed E-state index contributed by atoms with van der Waals surface area (Å²) in [6, 6.07) is -0.548. The molecule has 0 fully saturated rings. The second-order valence-electron chi connectivity index (χ2n) is 19.3. The van der Waals surface area contributed by atoms with E-state index >= 15 is 0 Å². The second kappa shape index (κ2) is 51.5. The Labute approximate surface area is 381 Å². The molecule has 6 nitrogen and oxygen atoms in total. The molecule has 1 amide bonds. The summed E-state index contributed by atoms with van der Waals surface area (Å²) in [7, 11) is 0. The molecule has 0 heterocycles. The number of unbranched alkanes of at least 4 members (excludes halogenated alkanes) is 41. The van der Waals surface area contributed by atoms with Crippen molar-refractivity contribution < 1.29 is 24.5 Å². The molecule has 364 valence electrons. The van der Waals surface area contributed by atoms with Gasteiger partial charge >= 0.3 is 5.97 Å². The molecule has 0 radical (unpaired) electrons. The van der Waals surface area contributed by atoms with E-state index in [0.717, 1.165) is 51.4 Å². The summed E-state index contributed by atoms with van der Waals surface area (Å²) in [5.41, 5.74) is 0. The zero-order chi connectivity index (χ0) is 44.4. The standard InChI is InChI=1S/C55H109NO5/c1-3-5-7-9-11-13-15-17-18-19-20-21-22-25-29-33-37-41-45-49-55(60)61-50-46-42-38-34-30-26-23-24-28-32-36-40-44-48-54(59)56-52(51-57)53(58)47-43-39-35-31-27-16-14-12-10-8-6-4-2/h52-53,57-58H,3-51H2,1-2H3,(H,56,59). The maximum absolute atomic E-state index is 12.4. The van der Waals surface area contributed by atoms with Crippen LogP contribution in [0.5, 0.6) is 0 Å². The van der Waals surface area contributed by atoms with Crippen molar-refractivity contribution in [3.63, 3.8) is 0 Å². The van der Waals surface area contributed by atoms with Gasteiger partial charge in [-0.2, -0.15) is 0 Å². The average molecular weight is 864 g/mol. The predicted molar refractivity (Wildman–Crippen MR) is 264 cm³/mol. The number of carbonyl (C=O) groups is 2. The number of hydrogen-bond acceptors (Lipinski definition) is 5. The lowest BCUT2D eigenvalue weighted by Gasteiger charge is -2.22. The van der Waals surface area contributed by atoms with Crippen LogP contribution in [0, 0.1) is 0 Å². The Kier molecular flexibility index (Phi) is 50.5. The van der Waals surface area contributed by atoms with E-state index in [1.54, 1.807) is 0 Å². The highest BCUT2D eigenvalue weighted by molar-refractivity contribution is 5.76. The van der Waals surface area contributed by atoms with Gasteiger partial charge < -0.3 is 20.3 Å². The van der Waals surface area contributed by atoms with Crippen LogP contribution in [-0.4, -0.2) is 47.4 Å². The number of rotatable bonds is 52. The molecule has 2 unspecified atom stereocenters. The van der Waals surface area contributed by atoms with Crippen molar-refractivity contribution in [2.45, 2.75) is 328 Å². The van der Waals surface area contributed by atoms with Crippen LogP contribution in [0.1, 0.15) is 316 Å². The number of hydrogen-bond donors (Lipinski definition) is 3. The molecule has 0 spiro atoms. The van der Waals surface area contributed by atoms with Crippen LogP contribution in [-0.2, 0) is 14.3 Å². The number of carbonyl (C=O) groups excluding carboxylic acids is 2. The number of nitrogens with one attached hydrogen (secondary N) is 1. The third kappa shape index (κ3) is 48.2. The SMILES string of the molecule is CCCCCCCCCCCCCCCCCCCCCC(=O)OCCCCCCCCCCCCCCCC(=O)NC(CO)C(O)CCCCCCCCCCCCCC. The molecular formula is C55H109NO5. The van der Waals surface area contributed by atoms with Crippen LogP contribution in [0.2, 0.25) is 0 Å². The summed E-state index contributed by atoms with van der Waals surface area (Å²) in [4.78, 5) is 24.5. The van der Waals surface area contributed by atoms with E-state index in [0.29, 0.717) is 25.9 Å². The van der Waals surface area contributed by atoms with Gasteiger partial charge in [-0.1, -0.05) is 277 Å². The number of amides is 1. The maximum atomic E-state index is 12.4. The van der Waals surface area contributed by atoms with Crippen molar-refractivity contribution in [2.24, 2.45) is 0 Å². The predicted octanol–water partition coefficient (Wildman–Crippen LogP) is 16.7. The van der Waals surface area contributed by atoms with Crippen molar-refractivity contribution in [1.29, 1.82) is 0 Å². The van der Waals surface area contributed by atoms with E-state index in [1.807, 2.05) is 0 Å². The zero-order valence-electron chi connectivity index (χ0n) is 41.4. The molecule has 0 rings (SSSR count). The number of aliphatic hydroxyl groups is 2. The van der Waals surface area contributed by atoms with E-state index in [4.69, 9.17) is 4.74 Å². The minimum atomic E-state index is -0.670. The molecule has 2 atom stereocenters. The van der Waals surface area contributed by atoms with E-state index in [9.17, 15) is 19.8 Å². The smallest absolute Gasteiger partial charge is 0.305 e. The van der Waals surface area contributed by atoms with Crippen molar-refractivity contribution >= 4 is 11.9 Å². The van der Waals surface area contributed by atoms with Gasteiger partial charge in [0, 0.05) is 12.8 Å². The summed E-state index contributed by atoms with van der Waals surface area (Å²) in [5.74, 6) is -0.0463. The molecule has 0 aromatic carbocycles. The fourth-order valence-corrected chi connectivity index (χ4v) is 8.88. The molecule has 0 aliphatic carbocycles. The Balaban J connectivity index is 3.39. The molecule has 0 aromatic rings. The van der Waals surface area contributed by atoms with Gasteiger partial charge in [-0.25, -0.2) is 0 Å². The Morgan fingerprint density at radius 1 is 0.393 bits per heavy atom. The van der Waals surface area contributed by atoms with Crippen LogP contribution in [0.15, 0.2) is 0 Å². The molecule has 0 saturated carbocycles. The molecule has 0 saturated heterocycles. The summed E-state index contributed by atoms with van der Waals surface area (Å²) >= 11 is 0. The molecule has 6 heteroatoms. The first-order chi connectivity index (χ1) is 30.0. The molecule has 0 aromatic heterocycles. The average Bonchev–Trinajstić information content (AvgIpc) is 3.26. The first-order valence-electron chi connectivity index (χ1n) is 27.8. The summed E-state index contributed by atoms with van der Waals surface area (Å²) in [6.07, 6.45) is 58.0. The first-order valence-corrected chi connectivity index (χ1v) is 27.8. The van der Waals surface area contributed by atoms with Gasteiger partial charge in [0.15, 0.2) is 0 Å². The fourth-order valence-electron chi connectivity index (χ4n) is 8.88. The van der Waals surface area contributed by atoms with Gasteiger partial charge in [-0.05, 0) is 25.7 Å². The summed E-state index contributed by atoms with van der Waals surface area (Å²) in [5, 5.41) is 23.2. The van der Waals surface area contributed by atoms with Crippen LogP contribution >= 0.6 is 0 Å². The number of ether oxygens (including phenoxy) is 1. The third-order valence-electron chi connectivity index (χ3n) is 13.2. The highest BCUT2D eigenvalue weighted by atomic mass is 16.5. The minimum Gasteiger partial charge on any atom is -0.466 e.